The summed E-state index contributed by atoms with van der Waals surface area (Å²) in [7, 11) is 0. The van der Waals surface area contributed by atoms with E-state index in [1.54, 1.807) is 5.57 Å². The summed E-state index contributed by atoms with van der Waals surface area (Å²) in [4.78, 5) is 12.6. The van der Waals surface area contributed by atoms with Crippen LogP contribution in [0.25, 0.3) is 0 Å². The molecule has 234 valence electrons. The monoisotopic (exact) mass is 567 g/mol. The van der Waals surface area contributed by atoms with Crippen LogP contribution >= 0.6 is 0 Å². The zero-order valence-electron chi connectivity index (χ0n) is 28.2. The van der Waals surface area contributed by atoms with Crippen LogP contribution in [0.15, 0.2) is 23.8 Å². The molecule has 4 aliphatic carbocycles. The molecule has 0 radical (unpaired) electrons. The molecule has 0 heterocycles. The lowest BCUT2D eigenvalue weighted by Crippen LogP contribution is -2.51. The molecule has 9 atom stereocenters. The van der Waals surface area contributed by atoms with Crippen LogP contribution in [0.4, 0.5) is 0 Å². The largest absolute Gasteiger partial charge is 0.462 e. The van der Waals surface area contributed by atoms with E-state index in [2.05, 4.69) is 66.7 Å². The molecular formula is C39H66O2. The number of carbonyl (C=O) groups excluding carboxylic acids is 1. The Morgan fingerprint density at radius 1 is 0.976 bits per heavy atom. The Kier molecular flexibility index (Phi) is 11.7. The van der Waals surface area contributed by atoms with E-state index in [4.69, 9.17) is 4.74 Å². The van der Waals surface area contributed by atoms with Crippen LogP contribution in [0, 0.1) is 52.3 Å². The molecule has 0 saturated heterocycles. The molecule has 4 aliphatic rings. The number of hydrogen-bond acceptors (Lipinski definition) is 2. The first-order chi connectivity index (χ1) is 19.6. The van der Waals surface area contributed by atoms with Gasteiger partial charge in [-0.1, -0.05) is 91.5 Å². The van der Waals surface area contributed by atoms with Crippen molar-refractivity contribution in [1.82, 2.24) is 0 Å². The predicted molar refractivity (Wildman–Crippen MR) is 175 cm³/mol. The third-order valence-corrected chi connectivity index (χ3v) is 13.2. The molecule has 0 aliphatic heterocycles. The molecule has 3 saturated carbocycles. The maximum atomic E-state index is 12.6. The first kappa shape index (κ1) is 32.9. The molecule has 2 heteroatoms. The van der Waals surface area contributed by atoms with Gasteiger partial charge in [0.15, 0.2) is 0 Å². The van der Waals surface area contributed by atoms with Crippen molar-refractivity contribution in [2.24, 2.45) is 52.3 Å². The van der Waals surface area contributed by atoms with Crippen LogP contribution in [0.1, 0.15) is 158 Å². The summed E-state index contributed by atoms with van der Waals surface area (Å²) in [6.07, 6.45) is 27.8. The Labute approximate surface area is 254 Å². The summed E-state index contributed by atoms with van der Waals surface area (Å²) in [6, 6.07) is 0. The maximum Gasteiger partial charge on any atom is 0.306 e. The quantitative estimate of drug-likeness (QED) is 0.119. The highest BCUT2D eigenvalue weighted by Crippen LogP contribution is 2.67. The number of hydrogen-bond donors (Lipinski definition) is 0. The zero-order valence-corrected chi connectivity index (χ0v) is 28.2. The van der Waals surface area contributed by atoms with Crippen LogP contribution in [0.5, 0.6) is 0 Å². The highest BCUT2D eigenvalue weighted by Gasteiger charge is 2.59. The van der Waals surface area contributed by atoms with Crippen molar-refractivity contribution < 1.29 is 9.53 Å². The van der Waals surface area contributed by atoms with Crippen LogP contribution < -0.4 is 0 Å². The molecule has 0 spiro atoms. The number of unbranched alkanes of at least 4 members (excludes halogenated alkanes) is 3. The minimum absolute atomic E-state index is 0.0311. The second kappa shape index (κ2) is 14.6. The molecule has 3 fully saturated rings. The van der Waals surface area contributed by atoms with E-state index in [0.717, 1.165) is 80.0 Å². The first-order valence-electron chi connectivity index (χ1n) is 18.2. The SMILES string of the molecule is CCC/C=C\CCCCC(=O)OC1CCC2(C)C(=CCC3C2CCC2(C)C(C(C)CCC(CC)C(C)C)CCC32)C1. The molecule has 0 aromatic heterocycles. The summed E-state index contributed by atoms with van der Waals surface area (Å²) in [5.74, 6) is 6.13. The van der Waals surface area contributed by atoms with Crippen molar-refractivity contribution in [2.45, 2.75) is 164 Å². The third kappa shape index (κ3) is 7.37. The zero-order chi connectivity index (χ0) is 29.6. The number of esters is 1. The maximum absolute atomic E-state index is 12.6. The fourth-order valence-corrected chi connectivity index (χ4v) is 10.6. The average Bonchev–Trinajstić information content (AvgIpc) is 3.30. The lowest BCUT2D eigenvalue weighted by atomic mass is 9.47. The Balaban J connectivity index is 1.31. The van der Waals surface area contributed by atoms with Crippen molar-refractivity contribution in [1.29, 1.82) is 0 Å². The van der Waals surface area contributed by atoms with Gasteiger partial charge in [-0.25, -0.2) is 0 Å². The molecule has 9 unspecified atom stereocenters. The summed E-state index contributed by atoms with van der Waals surface area (Å²) < 4.78 is 6.06. The van der Waals surface area contributed by atoms with E-state index >= 15 is 0 Å². The normalized spacial score (nSPS) is 36.4. The molecule has 4 rings (SSSR count). The minimum Gasteiger partial charge on any atom is -0.462 e. The lowest BCUT2D eigenvalue weighted by Gasteiger charge is -2.58. The van der Waals surface area contributed by atoms with Crippen LogP contribution in [0.3, 0.4) is 0 Å². The van der Waals surface area contributed by atoms with E-state index in [0.29, 0.717) is 17.3 Å². The number of ether oxygens (including phenoxy) is 1. The van der Waals surface area contributed by atoms with Gasteiger partial charge in [0, 0.05) is 12.8 Å². The Hall–Kier alpha value is -1.05. The fraction of sp³-hybridized carbons (Fsp3) is 0.872. The van der Waals surface area contributed by atoms with Crippen molar-refractivity contribution in [2.75, 3.05) is 0 Å². The van der Waals surface area contributed by atoms with Crippen molar-refractivity contribution in [3.63, 3.8) is 0 Å². The van der Waals surface area contributed by atoms with Crippen molar-refractivity contribution in [3.8, 4) is 0 Å². The number of carbonyl (C=O) groups is 1. The smallest absolute Gasteiger partial charge is 0.306 e. The van der Waals surface area contributed by atoms with E-state index in [1.165, 1.54) is 64.2 Å². The Bertz CT molecular complexity index is 899. The number of fused-ring (bicyclic) bond motifs is 5. The topological polar surface area (TPSA) is 26.3 Å². The van der Waals surface area contributed by atoms with Crippen LogP contribution in [0.2, 0.25) is 0 Å². The molecule has 2 nitrogen and oxygen atoms in total. The van der Waals surface area contributed by atoms with Crippen LogP contribution in [-0.2, 0) is 9.53 Å². The molecule has 0 amide bonds. The summed E-state index contributed by atoms with van der Waals surface area (Å²) >= 11 is 0. The van der Waals surface area contributed by atoms with Gasteiger partial charge in [-0.2, -0.15) is 0 Å². The minimum atomic E-state index is 0.0311. The van der Waals surface area contributed by atoms with Gasteiger partial charge in [0.2, 0.25) is 0 Å². The molecular weight excluding hydrogens is 500 g/mol. The fourth-order valence-electron chi connectivity index (χ4n) is 10.6. The van der Waals surface area contributed by atoms with Gasteiger partial charge in [-0.05, 0) is 129 Å². The van der Waals surface area contributed by atoms with Gasteiger partial charge in [0.1, 0.15) is 6.10 Å². The van der Waals surface area contributed by atoms with Gasteiger partial charge in [0.25, 0.3) is 0 Å². The first-order valence-corrected chi connectivity index (χ1v) is 18.2. The van der Waals surface area contributed by atoms with Gasteiger partial charge < -0.3 is 4.74 Å². The van der Waals surface area contributed by atoms with Crippen molar-refractivity contribution >= 4 is 5.97 Å². The number of rotatable bonds is 14. The summed E-state index contributed by atoms with van der Waals surface area (Å²) in [6.45, 7) is 17.3. The van der Waals surface area contributed by atoms with Crippen molar-refractivity contribution in [3.05, 3.63) is 23.8 Å². The molecule has 0 bridgehead atoms. The van der Waals surface area contributed by atoms with Gasteiger partial charge in [-0.15, -0.1) is 0 Å². The van der Waals surface area contributed by atoms with E-state index in [9.17, 15) is 4.79 Å². The standard InChI is InChI=1S/C39H66O2/c1-8-10-11-12-13-14-15-16-37(40)41-32-23-25-38(6)31(27-32)19-20-33-35-22-21-34(39(35,7)26-24-36(33)38)29(5)17-18-30(9-2)28(3)4/h11-12,19,28-30,32-36H,8-10,13-18,20-27H2,1-7H3/b12-11-. The number of allylic oxidation sites excluding steroid dienone is 3. The summed E-state index contributed by atoms with van der Waals surface area (Å²) in [5.41, 5.74) is 2.50. The second-order valence-electron chi connectivity index (χ2n) is 15.8. The van der Waals surface area contributed by atoms with Gasteiger partial charge >= 0.3 is 5.97 Å². The third-order valence-electron chi connectivity index (χ3n) is 13.2. The van der Waals surface area contributed by atoms with Gasteiger partial charge in [-0.3, -0.25) is 4.79 Å². The average molecular weight is 567 g/mol. The molecule has 0 N–H and O–H groups in total. The van der Waals surface area contributed by atoms with Gasteiger partial charge in [0.05, 0.1) is 0 Å². The highest BCUT2D eigenvalue weighted by atomic mass is 16.5. The molecule has 0 aromatic rings. The molecule has 41 heavy (non-hydrogen) atoms. The van der Waals surface area contributed by atoms with E-state index in [1.807, 2.05) is 0 Å². The summed E-state index contributed by atoms with van der Waals surface area (Å²) in [5, 5.41) is 0. The predicted octanol–water partition coefficient (Wildman–Crippen LogP) is 11.5. The molecule has 0 aromatic carbocycles. The van der Waals surface area contributed by atoms with Crippen LogP contribution in [-0.4, -0.2) is 12.1 Å². The Morgan fingerprint density at radius 2 is 1.76 bits per heavy atom. The Morgan fingerprint density at radius 3 is 2.49 bits per heavy atom. The lowest BCUT2D eigenvalue weighted by molar-refractivity contribution is -0.151. The van der Waals surface area contributed by atoms with E-state index in [-0.39, 0.29) is 12.1 Å². The second-order valence-corrected chi connectivity index (χ2v) is 15.8. The van der Waals surface area contributed by atoms with E-state index < -0.39 is 0 Å². The highest BCUT2D eigenvalue weighted by molar-refractivity contribution is 5.69.